The Morgan fingerprint density at radius 3 is 2.65 bits per heavy atom. The first-order valence-corrected chi connectivity index (χ1v) is 13.6. The van der Waals surface area contributed by atoms with Gasteiger partial charge in [0.15, 0.2) is 5.17 Å². The first-order chi connectivity index (χ1) is 18.2. The first kappa shape index (κ1) is 23.6. The molecule has 3 aromatic carbocycles. The summed E-state index contributed by atoms with van der Waals surface area (Å²) in [5, 5.41) is 1.88. The Morgan fingerprint density at radius 2 is 1.78 bits per heavy atom. The van der Waals surface area contributed by atoms with Crippen molar-refractivity contribution in [2.45, 2.75) is 6.42 Å². The number of benzene rings is 3. The zero-order valence-electron chi connectivity index (χ0n) is 19.8. The zero-order valence-corrected chi connectivity index (χ0v) is 22.2. The molecular weight excluding hydrogens is 544 g/mol. The van der Waals surface area contributed by atoms with E-state index in [-0.39, 0.29) is 5.91 Å². The number of carbonyl (C=O) groups excluding carboxylic acids is 1. The summed E-state index contributed by atoms with van der Waals surface area (Å²) in [5.41, 5.74) is 5.08. The number of para-hydroxylation sites is 2. The van der Waals surface area contributed by atoms with Gasteiger partial charge < -0.3 is 9.55 Å². The number of amidine groups is 1. The maximum atomic E-state index is 13.7. The Kier molecular flexibility index (Phi) is 6.55. The molecule has 2 aromatic heterocycles. The summed E-state index contributed by atoms with van der Waals surface area (Å²) in [6.07, 6.45) is 6.73. The lowest BCUT2D eigenvalue weighted by Crippen LogP contribution is -2.31. The van der Waals surface area contributed by atoms with Gasteiger partial charge in [0, 0.05) is 45.7 Å². The summed E-state index contributed by atoms with van der Waals surface area (Å²) in [5.74, 6) is -0.0264. The molecule has 1 saturated heterocycles. The van der Waals surface area contributed by atoms with E-state index in [1.165, 1.54) is 22.7 Å². The number of nitrogens with zero attached hydrogens (tertiary/aromatic N) is 3. The van der Waals surface area contributed by atoms with Crippen LogP contribution < -0.4 is 0 Å². The molecule has 5 aromatic rings. The standard InChI is InChI=1S/C30H23BrN4OS/c31-22-8-6-11-24(18-22)34-16-7-12-25(34)19-28-29(36)35(30(37-28)33-23-9-2-1-3-10-23)17-15-21-20-32-27-14-5-4-13-26(21)27/h1-14,16,18-20,32H,15,17H2/b28-19-,33-30?. The lowest BCUT2D eigenvalue weighted by atomic mass is 10.1. The number of fused-ring (bicyclic) bond motifs is 1. The average Bonchev–Trinajstić information content (AvgIpc) is 3.62. The minimum Gasteiger partial charge on any atom is -0.361 e. The molecule has 0 radical (unpaired) electrons. The maximum absolute atomic E-state index is 13.7. The van der Waals surface area contributed by atoms with E-state index >= 15 is 0 Å². The fourth-order valence-corrected chi connectivity index (χ4v) is 5.88. The molecule has 1 amide bonds. The Balaban J connectivity index is 1.33. The van der Waals surface area contributed by atoms with Crippen molar-refractivity contribution in [3.05, 3.63) is 124 Å². The van der Waals surface area contributed by atoms with Crippen molar-refractivity contribution in [1.29, 1.82) is 0 Å². The minimum atomic E-state index is -0.0264. The van der Waals surface area contributed by atoms with Crippen LogP contribution in [0.15, 0.2) is 118 Å². The molecule has 1 fully saturated rings. The lowest BCUT2D eigenvalue weighted by Gasteiger charge is -2.15. The molecule has 0 unspecified atom stereocenters. The van der Waals surface area contributed by atoms with Crippen molar-refractivity contribution in [3.8, 4) is 5.69 Å². The van der Waals surface area contributed by atoms with Crippen molar-refractivity contribution in [2.24, 2.45) is 4.99 Å². The second-order valence-corrected chi connectivity index (χ2v) is 10.6. The van der Waals surface area contributed by atoms with Crippen molar-refractivity contribution < 1.29 is 4.79 Å². The van der Waals surface area contributed by atoms with Gasteiger partial charge in [-0.15, -0.1) is 0 Å². The number of amides is 1. The fraction of sp³-hybridized carbons (Fsp3) is 0.0667. The number of carbonyl (C=O) groups is 1. The molecule has 7 heteroatoms. The van der Waals surface area contributed by atoms with Gasteiger partial charge >= 0.3 is 0 Å². The molecule has 182 valence electrons. The van der Waals surface area contributed by atoms with Gasteiger partial charge in [0.2, 0.25) is 0 Å². The number of aromatic nitrogens is 2. The monoisotopic (exact) mass is 566 g/mol. The number of nitrogens with one attached hydrogen (secondary N) is 1. The van der Waals surface area contributed by atoms with Gasteiger partial charge in [-0.1, -0.05) is 58.4 Å². The molecule has 0 bridgehead atoms. The Bertz CT molecular complexity index is 1650. The quantitative estimate of drug-likeness (QED) is 0.215. The molecule has 37 heavy (non-hydrogen) atoms. The lowest BCUT2D eigenvalue weighted by molar-refractivity contribution is -0.122. The molecule has 1 aliphatic heterocycles. The summed E-state index contributed by atoms with van der Waals surface area (Å²) < 4.78 is 3.08. The highest BCUT2D eigenvalue weighted by atomic mass is 79.9. The molecule has 3 heterocycles. The maximum Gasteiger partial charge on any atom is 0.266 e. The predicted octanol–water partition coefficient (Wildman–Crippen LogP) is 7.57. The van der Waals surface area contributed by atoms with Crippen molar-refractivity contribution >= 4 is 61.4 Å². The van der Waals surface area contributed by atoms with E-state index in [1.807, 2.05) is 91.3 Å². The second kappa shape index (κ2) is 10.3. The predicted molar refractivity (Wildman–Crippen MR) is 156 cm³/mol. The smallest absolute Gasteiger partial charge is 0.266 e. The van der Waals surface area contributed by atoms with E-state index in [0.29, 0.717) is 16.6 Å². The van der Waals surface area contributed by atoms with E-state index in [2.05, 4.69) is 43.7 Å². The van der Waals surface area contributed by atoms with Crippen molar-refractivity contribution in [2.75, 3.05) is 6.54 Å². The number of halogens is 1. The van der Waals surface area contributed by atoms with Crippen LogP contribution in [0.1, 0.15) is 11.3 Å². The molecule has 1 N–H and O–H groups in total. The van der Waals surface area contributed by atoms with Crippen LogP contribution in [-0.2, 0) is 11.2 Å². The van der Waals surface area contributed by atoms with E-state index < -0.39 is 0 Å². The molecule has 6 rings (SSSR count). The van der Waals surface area contributed by atoms with Gasteiger partial charge in [0.05, 0.1) is 10.6 Å². The molecule has 0 atom stereocenters. The van der Waals surface area contributed by atoms with Gasteiger partial charge in [-0.05, 0) is 78.4 Å². The largest absolute Gasteiger partial charge is 0.361 e. The van der Waals surface area contributed by atoms with E-state index in [9.17, 15) is 4.79 Å². The zero-order chi connectivity index (χ0) is 25.2. The third-order valence-corrected chi connectivity index (χ3v) is 7.79. The van der Waals surface area contributed by atoms with E-state index in [1.54, 1.807) is 4.90 Å². The summed E-state index contributed by atoms with van der Waals surface area (Å²) in [6, 6.07) is 30.2. The third kappa shape index (κ3) is 4.92. The van der Waals surface area contributed by atoms with E-state index in [0.717, 1.165) is 33.5 Å². The van der Waals surface area contributed by atoms with Crippen molar-refractivity contribution in [1.82, 2.24) is 14.5 Å². The fourth-order valence-electron chi connectivity index (χ4n) is 4.48. The molecule has 0 saturated carbocycles. The van der Waals surface area contributed by atoms with Crippen LogP contribution in [0.5, 0.6) is 0 Å². The van der Waals surface area contributed by atoms with Crippen LogP contribution in [0.4, 0.5) is 5.69 Å². The topological polar surface area (TPSA) is 53.4 Å². The summed E-state index contributed by atoms with van der Waals surface area (Å²) in [7, 11) is 0. The number of hydrogen-bond acceptors (Lipinski definition) is 3. The SMILES string of the molecule is O=C1/C(=C/c2cccn2-c2cccc(Br)c2)SC(=Nc2ccccc2)N1CCc1c[nH]c2ccccc12. The first-order valence-electron chi connectivity index (χ1n) is 12.0. The van der Waals surface area contributed by atoms with Crippen LogP contribution in [0, 0.1) is 0 Å². The molecular formula is C30H23BrN4OS. The van der Waals surface area contributed by atoms with Gasteiger partial charge in [0.25, 0.3) is 5.91 Å². The van der Waals surface area contributed by atoms with Crippen LogP contribution >= 0.6 is 27.7 Å². The highest BCUT2D eigenvalue weighted by Crippen LogP contribution is 2.35. The van der Waals surface area contributed by atoms with E-state index in [4.69, 9.17) is 4.99 Å². The number of aromatic amines is 1. The molecule has 0 aliphatic carbocycles. The third-order valence-electron chi connectivity index (χ3n) is 6.29. The molecule has 0 spiro atoms. The highest BCUT2D eigenvalue weighted by Gasteiger charge is 2.33. The normalized spacial score (nSPS) is 15.9. The Labute approximate surface area is 227 Å². The van der Waals surface area contributed by atoms with Crippen LogP contribution in [0.2, 0.25) is 0 Å². The van der Waals surface area contributed by atoms with Gasteiger partial charge in [-0.2, -0.15) is 0 Å². The Hall–Kier alpha value is -3.81. The van der Waals surface area contributed by atoms with Crippen LogP contribution in [0.25, 0.3) is 22.7 Å². The van der Waals surface area contributed by atoms with Crippen LogP contribution in [0.3, 0.4) is 0 Å². The minimum absolute atomic E-state index is 0.0264. The van der Waals surface area contributed by atoms with Gasteiger partial charge in [-0.3, -0.25) is 9.69 Å². The van der Waals surface area contributed by atoms with Crippen LogP contribution in [-0.4, -0.2) is 32.1 Å². The van der Waals surface area contributed by atoms with Gasteiger partial charge in [0.1, 0.15) is 0 Å². The van der Waals surface area contributed by atoms with Gasteiger partial charge in [-0.25, -0.2) is 4.99 Å². The molecule has 5 nitrogen and oxygen atoms in total. The highest BCUT2D eigenvalue weighted by molar-refractivity contribution is 9.10. The Morgan fingerprint density at radius 1 is 0.946 bits per heavy atom. The summed E-state index contributed by atoms with van der Waals surface area (Å²) >= 11 is 4.98. The summed E-state index contributed by atoms with van der Waals surface area (Å²) in [4.78, 5) is 24.3. The number of thioether (sulfide) groups is 1. The number of rotatable bonds is 6. The molecule has 1 aliphatic rings. The second-order valence-electron chi connectivity index (χ2n) is 8.69. The number of hydrogen-bond donors (Lipinski definition) is 1. The summed E-state index contributed by atoms with van der Waals surface area (Å²) in [6.45, 7) is 0.545. The number of H-pyrrole nitrogens is 1. The number of aliphatic imine (C=N–C) groups is 1. The average molecular weight is 568 g/mol. The van der Waals surface area contributed by atoms with Crippen molar-refractivity contribution in [3.63, 3.8) is 0 Å².